The normalized spacial score (nSPS) is 28.4. The molecule has 0 amide bonds. The molecule has 2 saturated carbocycles. The third-order valence-corrected chi connectivity index (χ3v) is 5.12. The monoisotopic (exact) mass is 264 g/mol. The highest BCUT2D eigenvalue weighted by Crippen LogP contribution is 2.24. The average molecular weight is 264 g/mol. The smallest absolute Gasteiger partial charge is 0.191 e. The Balaban J connectivity index is 1.48. The number of hydrogen-bond acceptors (Lipinski definition) is 2. The van der Waals surface area contributed by atoms with Gasteiger partial charge in [-0.2, -0.15) is 0 Å². The lowest BCUT2D eigenvalue weighted by molar-refractivity contribution is 0.133. The van der Waals surface area contributed by atoms with Crippen molar-refractivity contribution in [2.75, 3.05) is 26.2 Å². The summed E-state index contributed by atoms with van der Waals surface area (Å²) < 4.78 is 0. The van der Waals surface area contributed by atoms with E-state index >= 15 is 0 Å². The Hall–Kier alpha value is -0.770. The Morgan fingerprint density at radius 2 is 1.42 bits per heavy atom. The molecular weight excluding hydrogens is 236 g/mol. The Bertz CT molecular complexity index is 308. The summed E-state index contributed by atoms with van der Waals surface area (Å²) in [6.07, 6.45) is 10.8. The van der Waals surface area contributed by atoms with Crippen LogP contribution in [0.1, 0.15) is 51.4 Å². The van der Waals surface area contributed by atoms with Crippen LogP contribution in [0.3, 0.4) is 0 Å². The highest BCUT2D eigenvalue weighted by molar-refractivity contribution is 5.78. The lowest BCUT2D eigenvalue weighted by atomic mass is 10.2. The Morgan fingerprint density at radius 3 is 2.05 bits per heavy atom. The van der Waals surface area contributed by atoms with Crippen LogP contribution in [-0.4, -0.2) is 54.0 Å². The number of guanidine groups is 1. The SMILES string of the molecule is NC(=NC1CCCC1)N1CCN(C2CCCC2)CC1. The maximum absolute atomic E-state index is 6.18. The predicted octanol–water partition coefficient (Wildman–Crippen LogP) is 1.80. The molecule has 0 unspecified atom stereocenters. The number of hydrogen-bond donors (Lipinski definition) is 1. The van der Waals surface area contributed by atoms with Gasteiger partial charge in [-0.3, -0.25) is 4.90 Å². The zero-order valence-corrected chi connectivity index (χ0v) is 12.1. The molecule has 1 aliphatic heterocycles. The molecule has 2 N–H and O–H groups in total. The van der Waals surface area contributed by atoms with Crippen LogP contribution in [0.5, 0.6) is 0 Å². The van der Waals surface area contributed by atoms with E-state index in [-0.39, 0.29) is 0 Å². The molecule has 4 nitrogen and oxygen atoms in total. The van der Waals surface area contributed by atoms with Crippen LogP contribution in [0.25, 0.3) is 0 Å². The van der Waals surface area contributed by atoms with Crippen molar-refractivity contribution in [2.24, 2.45) is 10.7 Å². The van der Waals surface area contributed by atoms with Gasteiger partial charge < -0.3 is 10.6 Å². The molecule has 3 aliphatic rings. The van der Waals surface area contributed by atoms with Gasteiger partial charge in [0.2, 0.25) is 0 Å². The second kappa shape index (κ2) is 6.12. The summed E-state index contributed by atoms with van der Waals surface area (Å²) in [5.41, 5.74) is 6.18. The third-order valence-electron chi connectivity index (χ3n) is 5.12. The molecule has 3 rings (SSSR count). The van der Waals surface area contributed by atoms with Crippen molar-refractivity contribution in [3.05, 3.63) is 0 Å². The van der Waals surface area contributed by atoms with Gasteiger partial charge >= 0.3 is 0 Å². The molecule has 2 aliphatic carbocycles. The fraction of sp³-hybridized carbons (Fsp3) is 0.933. The predicted molar refractivity (Wildman–Crippen MR) is 79.3 cm³/mol. The minimum atomic E-state index is 0.507. The first-order chi connectivity index (χ1) is 9.33. The molecule has 0 aromatic rings. The summed E-state index contributed by atoms with van der Waals surface area (Å²) in [5.74, 6) is 0.804. The minimum absolute atomic E-state index is 0.507. The number of rotatable bonds is 2. The fourth-order valence-corrected chi connectivity index (χ4v) is 3.89. The zero-order chi connectivity index (χ0) is 13.1. The van der Waals surface area contributed by atoms with E-state index in [4.69, 9.17) is 10.7 Å². The van der Waals surface area contributed by atoms with Gasteiger partial charge in [-0.1, -0.05) is 25.7 Å². The highest BCUT2D eigenvalue weighted by Gasteiger charge is 2.27. The summed E-state index contributed by atoms with van der Waals surface area (Å²) >= 11 is 0. The van der Waals surface area contributed by atoms with Crippen molar-refractivity contribution in [3.8, 4) is 0 Å². The van der Waals surface area contributed by atoms with Gasteiger partial charge in [0.05, 0.1) is 6.04 Å². The van der Waals surface area contributed by atoms with Gasteiger partial charge in [0.15, 0.2) is 5.96 Å². The molecular formula is C15H28N4. The summed E-state index contributed by atoms with van der Waals surface area (Å²) in [4.78, 5) is 9.69. The molecule has 0 radical (unpaired) electrons. The summed E-state index contributed by atoms with van der Waals surface area (Å²) in [6, 6.07) is 1.36. The van der Waals surface area contributed by atoms with Crippen LogP contribution in [0.2, 0.25) is 0 Å². The van der Waals surface area contributed by atoms with E-state index in [1.54, 1.807) is 0 Å². The van der Waals surface area contributed by atoms with Crippen LogP contribution in [0.15, 0.2) is 4.99 Å². The largest absolute Gasteiger partial charge is 0.370 e. The topological polar surface area (TPSA) is 44.9 Å². The van der Waals surface area contributed by atoms with Crippen LogP contribution in [0, 0.1) is 0 Å². The first-order valence-electron chi connectivity index (χ1n) is 8.15. The van der Waals surface area contributed by atoms with Crippen molar-refractivity contribution < 1.29 is 0 Å². The van der Waals surface area contributed by atoms with E-state index in [1.165, 1.54) is 64.5 Å². The molecule has 0 aromatic heterocycles. The first kappa shape index (κ1) is 13.2. The number of piperazine rings is 1. The molecule has 108 valence electrons. The van der Waals surface area contributed by atoms with Crippen molar-refractivity contribution in [1.82, 2.24) is 9.80 Å². The number of nitrogens with zero attached hydrogens (tertiary/aromatic N) is 3. The molecule has 0 aromatic carbocycles. The Morgan fingerprint density at radius 1 is 0.842 bits per heavy atom. The van der Waals surface area contributed by atoms with E-state index < -0.39 is 0 Å². The van der Waals surface area contributed by atoms with Crippen LogP contribution >= 0.6 is 0 Å². The average Bonchev–Trinajstić information content (AvgIpc) is 3.12. The second-order valence-corrected chi connectivity index (χ2v) is 6.39. The Kier molecular flexibility index (Phi) is 4.26. The quantitative estimate of drug-likeness (QED) is 0.611. The summed E-state index contributed by atoms with van der Waals surface area (Å²) in [7, 11) is 0. The van der Waals surface area contributed by atoms with Crippen LogP contribution in [0.4, 0.5) is 0 Å². The Labute approximate surface area is 117 Å². The summed E-state index contributed by atoms with van der Waals surface area (Å²) in [5, 5.41) is 0. The van der Waals surface area contributed by atoms with Gasteiger partial charge in [-0.05, 0) is 25.7 Å². The van der Waals surface area contributed by atoms with Crippen molar-refractivity contribution >= 4 is 5.96 Å². The van der Waals surface area contributed by atoms with E-state index in [1.807, 2.05) is 0 Å². The number of nitrogens with two attached hydrogens (primary N) is 1. The fourth-order valence-electron chi connectivity index (χ4n) is 3.89. The van der Waals surface area contributed by atoms with Crippen molar-refractivity contribution in [1.29, 1.82) is 0 Å². The third kappa shape index (κ3) is 3.22. The standard InChI is InChI=1S/C15H28N4/c16-15(17-13-5-1-2-6-13)19-11-9-18(10-12-19)14-7-3-4-8-14/h13-14H,1-12H2,(H2,16,17). The number of aliphatic imine (C=N–C) groups is 1. The first-order valence-corrected chi connectivity index (χ1v) is 8.15. The summed E-state index contributed by atoms with van der Waals surface area (Å²) in [6.45, 7) is 4.48. The lowest BCUT2D eigenvalue weighted by Crippen LogP contribution is -2.53. The second-order valence-electron chi connectivity index (χ2n) is 6.39. The van der Waals surface area contributed by atoms with E-state index in [2.05, 4.69) is 9.80 Å². The molecule has 1 heterocycles. The molecule has 0 spiro atoms. The van der Waals surface area contributed by atoms with Gasteiger partial charge in [-0.15, -0.1) is 0 Å². The van der Waals surface area contributed by atoms with E-state index in [9.17, 15) is 0 Å². The maximum Gasteiger partial charge on any atom is 0.191 e. The minimum Gasteiger partial charge on any atom is -0.370 e. The molecule has 1 saturated heterocycles. The lowest BCUT2D eigenvalue weighted by Gasteiger charge is -2.38. The van der Waals surface area contributed by atoms with Gasteiger partial charge in [0.1, 0.15) is 0 Å². The molecule has 0 bridgehead atoms. The van der Waals surface area contributed by atoms with Crippen LogP contribution < -0.4 is 5.73 Å². The van der Waals surface area contributed by atoms with E-state index in [0.717, 1.165) is 25.1 Å². The molecule has 19 heavy (non-hydrogen) atoms. The van der Waals surface area contributed by atoms with Crippen molar-refractivity contribution in [3.63, 3.8) is 0 Å². The zero-order valence-electron chi connectivity index (χ0n) is 12.1. The molecule has 4 heteroatoms. The maximum atomic E-state index is 6.18. The van der Waals surface area contributed by atoms with Gasteiger partial charge in [0, 0.05) is 32.2 Å². The molecule has 3 fully saturated rings. The van der Waals surface area contributed by atoms with Crippen molar-refractivity contribution in [2.45, 2.75) is 63.5 Å². The van der Waals surface area contributed by atoms with Crippen LogP contribution in [-0.2, 0) is 0 Å². The van der Waals surface area contributed by atoms with Gasteiger partial charge in [0.25, 0.3) is 0 Å². The molecule has 0 atom stereocenters. The van der Waals surface area contributed by atoms with Gasteiger partial charge in [-0.25, -0.2) is 4.99 Å². The highest BCUT2D eigenvalue weighted by atomic mass is 15.3. The van der Waals surface area contributed by atoms with E-state index in [0.29, 0.717) is 6.04 Å².